The van der Waals surface area contributed by atoms with Crippen LogP contribution in [0.4, 0.5) is 0 Å². The molecule has 0 amide bonds. The molecule has 3 rings (SSSR count). The van der Waals surface area contributed by atoms with Crippen LogP contribution in [0.15, 0.2) is 60.7 Å². The van der Waals surface area contributed by atoms with Crippen LogP contribution in [0.1, 0.15) is 34.6 Å². The summed E-state index contributed by atoms with van der Waals surface area (Å²) in [5, 5.41) is 0. The zero-order valence-electron chi connectivity index (χ0n) is 16.1. The van der Waals surface area contributed by atoms with Gasteiger partial charge in [-0.3, -0.25) is 0 Å². The maximum absolute atomic E-state index is 12.3. The second kappa shape index (κ2) is 8.54. The zero-order valence-corrected chi connectivity index (χ0v) is 16.1. The average molecular weight is 384 g/mol. The van der Waals surface area contributed by atoms with Crippen molar-refractivity contribution in [1.29, 1.82) is 0 Å². The molecule has 0 atom stereocenters. The molecular weight excluding hydrogens is 360 g/mol. The molecule has 1 aliphatic rings. The Morgan fingerprint density at radius 1 is 0.786 bits per heavy atom. The van der Waals surface area contributed by atoms with E-state index in [0.717, 1.165) is 0 Å². The molecule has 0 bridgehead atoms. The summed E-state index contributed by atoms with van der Waals surface area (Å²) in [4.78, 5) is 24.6. The average Bonchev–Trinajstić information content (AvgIpc) is 2.73. The Morgan fingerprint density at radius 3 is 1.57 bits per heavy atom. The van der Waals surface area contributed by atoms with E-state index in [1.165, 1.54) is 0 Å². The highest BCUT2D eigenvalue weighted by Gasteiger charge is 2.42. The van der Waals surface area contributed by atoms with Crippen LogP contribution in [-0.4, -0.2) is 44.2 Å². The lowest BCUT2D eigenvalue weighted by atomic mass is 9.91. The van der Waals surface area contributed by atoms with Crippen molar-refractivity contribution in [3.63, 3.8) is 0 Å². The standard InChI is InChI=1S/C22H24O6/c1-21(2)27-15-22(16-28-21,13-25-19(23)17-9-5-3-6-10-17)14-26-20(24)18-11-7-4-8-12-18/h3-12H,13-16H2,1-2H3. The lowest BCUT2D eigenvalue weighted by molar-refractivity contribution is -0.294. The van der Waals surface area contributed by atoms with E-state index < -0.39 is 23.1 Å². The molecule has 2 aromatic carbocycles. The Kier molecular flexibility index (Phi) is 6.11. The van der Waals surface area contributed by atoms with E-state index in [1.807, 2.05) is 26.0 Å². The van der Waals surface area contributed by atoms with Crippen molar-refractivity contribution in [3.05, 3.63) is 71.8 Å². The van der Waals surface area contributed by atoms with E-state index in [0.29, 0.717) is 11.1 Å². The highest BCUT2D eigenvalue weighted by atomic mass is 16.7. The minimum Gasteiger partial charge on any atom is -0.461 e. The van der Waals surface area contributed by atoms with Crippen LogP contribution >= 0.6 is 0 Å². The predicted molar refractivity (Wildman–Crippen MR) is 102 cm³/mol. The number of ether oxygens (including phenoxy) is 4. The smallest absolute Gasteiger partial charge is 0.338 e. The largest absolute Gasteiger partial charge is 0.461 e. The van der Waals surface area contributed by atoms with Crippen LogP contribution in [0.25, 0.3) is 0 Å². The molecule has 1 heterocycles. The number of carbonyl (C=O) groups excluding carboxylic acids is 2. The Labute approximate surface area is 164 Å². The van der Waals surface area contributed by atoms with Crippen molar-refractivity contribution in [2.75, 3.05) is 26.4 Å². The van der Waals surface area contributed by atoms with Gasteiger partial charge in [0.1, 0.15) is 13.2 Å². The van der Waals surface area contributed by atoms with Crippen LogP contribution in [0.5, 0.6) is 0 Å². The molecule has 2 aromatic rings. The molecule has 0 N–H and O–H groups in total. The monoisotopic (exact) mass is 384 g/mol. The Bertz CT molecular complexity index is 733. The zero-order chi connectivity index (χ0) is 20.0. The maximum atomic E-state index is 12.3. The van der Waals surface area contributed by atoms with E-state index in [4.69, 9.17) is 18.9 Å². The third-order valence-electron chi connectivity index (χ3n) is 4.49. The molecule has 0 radical (unpaired) electrons. The Balaban J connectivity index is 1.66. The first-order valence-electron chi connectivity index (χ1n) is 9.12. The van der Waals surface area contributed by atoms with E-state index in [1.54, 1.807) is 48.5 Å². The minimum absolute atomic E-state index is 0.0128. The quantitative estimate of drug-likeness (QED) is 0.710. The molecule has 6 heteroatoms. The third-order valence-corrected chi connectivity index (χ3v) is 4.49. The number of hydrogen-bond acceptors (Lipinski definition) is 6. The fourth-order valence-electron chi connectivity index (χ4n) is 2.70. The molecule has 0 aromatic heterocycles. The van der Waals surface area contributed by atoms with Crippen molar-refractivity contribution in [1.82, 2.24) is 0 Å². The van der Waals surface area contributed by atoms with Crippen LogP contribution in [-0.2, 0) is 18.9 Å². The van der Waals surface area contributed by atoms with Gasteiger partial charge >= 0.3 is 11.9 Å². The van der Waals surface area contributed by atoms with Crippen LogP contribution in [0, 0.1) is 5.41 Å². The van der Waals surface area contributed by atoms with Gasteiger partial charge in [0.2, 0.25) is 0 Å². The summed E-state index contributed by atoms with van der Waals surface area (Å²) in [6.07, 6.45) is 0. The van der Waals surface area contributed by atoms with Gasteiger partial charge < -0.3 is 18.9 Å². The molecule has 0 spiro atoms. The van der Waals surface area contributed by atoms with E-state index >= 15 is 0 Å². The lowest BCUT2D eigenvalue weighted by Crippen LogP contribution is -2.51. The molecular formula is C22H24O6. The topological polar surface area (TPSA) is 71.1 Å². The molecule has 28 heavy (non-hydrogen) atoms. The Hall–Kier alpha value is -2.70. The van der Waals surface area contributed by atoms with E-state index in [2.05, 4.69) is 0 Å². The highest BCUT2D eigenvalue weighted by molar-refractivity contribution is 5.89. The molecule has 1 fully saturated rings. The molecule has 1 saturated heterocycles. The SMILES string of the molecule is CC1(C)OCC(COC(=O)c2ccccc2)(COC(=O)c2ccccc2)CO1. The number of esters is 2. The van der Waals surface area contributed by atoms with Crippen LogP contribution in [0.2, 0.25) is 0 Å². The van der Waals surface area contributed by atoms with Crippen molar-refractivity contribution in [3.8, 4) is 0 Å². The van der Waals surface area contributed by atoms with Crippen molar-refractivity contribution in [2.45, 2.75) is 19.6 Å². The van der Waals surface area contributed by atoms with E-state index in [9.17, 15) is 9.59 Å². The van der Waals surface area contributed by atoms with Crippen LogP contribution < -0.4 is 0 Å². The summed E-state index contributed by atoms with van der Waals surface area (Å²) < 4.78 is 22.5. The van der Waals surface area contributed by atoms with Crippen molar-refractivity contribution >= 4 is 11.9 Å². The molecule has 0 unspecified atom stereocenters. The number of rotatable bonds is 6. The van der Waals surface area contributed by atoms with Gasteiger partial charge in [0.25, 0.3) is 0 Å². The first-order valence-corrected chi connectivity index (χ1v) is 9.12. The first kappa shape index (κ1) is 20.0. The van der Waals surface area contributed by atoms with Crippen molar-refractivity contribution < 1.29 is 28.5 Å². The normalized spacial score (nSPS) is 17.5. The molecule has 0 saturated carbocycles. The highest BCUT2D eigenvalue weighted by Crippen LogP contribution is 2.31. The van der Waals surface area contributed by atoms with Gasteiger partial charge in [-0.15, -0.1) is 0 Å². The van der Waals surface area contributed by atoms with Crippen molar-refractivity contribution in [2.24, 2.45) is 5.41 Å². The van der Waals surface area contributed by atoms with E-state index in [-0.39, 0.29) is 26.4 Å². The molecule has 0 aliphatic carbocycles. The fraction of sp³-hybridized carbons (Fsp3) is 0.364. The van der Waals surface area contributed by atoms with Crippen LogP contribution in [0.3, 0.4) is 0 Å². The number of carbonyl (C=O) groups is 2. The summed E-state index contributed by atoms with van der Waals surface area (Å²) in [5.41, 5.74) is 0.138. The van der Waals surface area contributed by atoms with Gasteiger partial charge in [0, 0.05) is 0 Å². The first-order chi connectivity index (χ1) is 13.4. The summed E-state index contributed by atoms with van der Waals surface area (Å²) in [6.45, 7) is 4.12. The molecule has 148 valence electrons. The Morgan fingerprint density at radius 2 is 1.18 bits per heavy atom. The van der Waals surface area contributed by atoms with Gasteiger partial charge in [-0.25, -0.2) is 9.59 Å². The van der Waals surface area contributed by atoms with Gasteiger partial charge in [-0.1, -0.05) is 36.4 Å². The predicted octanol–water partition coefficient (Wildman–Crippen LogP) is 3.47. The lowest BCUT2D eigenvalue weighted by Gasteiger charge is -2.42. The van der Waals surface area contributed by atoms with Gasteiger partial charge in [0.15, 0.2) is 5.79 Å². The third kappa shape index (κ3) is 5.18. The number of hydrogen-bond donors (Lipinski definition) is 0. The summed E-state index contributed by atoms with van der Waals surface area (Å²) in [7, 11) is 0. The molecule has 1 aliphatic heterocycles. The molecule has 6 nitrogen and oxygen atoms in total. The second-order valence-electron chi connectivity index (χ2n) is 7.36. The number of benzene rings is 2. The van der Waals surface area contributed by atoms with Gasteiger partial charge in [-0.05, 0) is 38.1 Å². The maximum Gasteiger partial charge on any atom is 0.338 e. The summed E-state index contributed by atoms with van der Waals surface area (Å²) in [6, 6.07) is 17.4. The fourth-order valence-corrected chi connectivity index (χ4v) is 2.70. The van der Waals surface area contributed by atoms with Gasteiger partial charge in [-0.2, -0.15) is 0 Å². The summed E-state index contributed by atoms with van der Waals surface area (Å²) in [5.74, 6) is -1.63. The summed E-state index contributed by atoms with van der Waals surface area (Å²) >= 11 is 0. The minimum atomic E-state index is -0.773. The van der Waals surface area contributed by atoms with Gasteiger partial charge in [0.05, 0.1) is 29.8 Å². The second-order valence-corrected chi connectivity index (χ2v) is 7.36.